The zero-order chi connectivity index (χ0) is 14.5. The molecule has 3 rings (SSSR count). The highest BCUT2D eigenvalue weighted by atomic mass is 32.2. The summed E-state index contributed by atoms with van der Waals surface area (Å²) in [6, 6.07) is 6.24. The Balaban J connectivity index is 2.24. The molecule has 1 aromatic carbocycles. The van der Waals surface area contributed by atoms with Gasteiger partial charge in [0.25, 0.3) is 0 Å². The molecule has 0 saturated carbocycles. The third kappa shape index (κ3) is 1.97. The van der Waals surface area contributed by atoms with Crippen molar-refractivity contribution in [2.24, 2.45) is 0 Å². The lowest BCUT2D eigenvalue weighted by Gasteiger charge is -2.17. The van der Waals surface area contributed by atoms with Gasteiger partial charge in [-0.2, -0.15) is 0 Å². The number of anilines is 1. The summed E-state index contributed by atoms with van der Waals surface area (Å²) in [5.41, 5.74) is 4.23. The van der Waals surface area contributed by atoms with Crippen LogP contribution in [0.2, 0.25) is 0 Å². The zero-order valence-corrected chi connectivity index (χ0v) is 12.8. The van der Waals surface area contributed by atoms with Gasteiger partial charge < -0.3 is 0 Å². The van der Waals surface area contributed by atoms with Crippen LogP contribution in [-0.4, -0.2) is 25.7 Å². The van der Waals surface area contributed by atoms with Crippen molar-refractivity contribution in [3.63, 3.8) is 0 Å². The van der Waals surface area contributed by atoms with Crippen LogP contribution >= 0.6 is 0 Å². The smallest absolute Gasteiger partial charge is 0.236 e. The SMILES string of the molecule is CCS(=O)(=O)N1CCc2cc3c(C)cc(C)cc3nc21. The Hall–Kier alpha value is -1.62. The Morgan fingerprint density at radius 2 is 2.00 bits per heavy atom. The maximum Gasteiger partial charge on any atom is 0.236 e. The first kappa shape index (κ1) is 13.4. The van der Waals surface area contributed by atoms with Crippen molar-refractivity contribution >= 4 is 26.7 Å². The number of hydrogen-bond acceptors (Lipinski definition) is 3. The molecule has 0 radical (unpaired) electrons. The van der Waals surface area contributed by atoms with Crippen molar-refractivity contribution in [1.29, 1.82) is 0 Å². The average Bonchev–Trinajstić information content (AvgIpc) is 2.80. The lowest BCUT2D eigenvalue weighted by molar-refractivity contribution is 0.593. The molecule has 2 aromatic rings. The largest absolute Gasteiger partial charge is 0.253 e. The van der Waals surface area contributed by atoms with E-state index in [1.807, 2.05) is 13.0 Å². The Labute approximate surface area is 119 Å². The molecule has 106 valence electrons. The highest BCUT2D eigenvalue weighted by Crippen LogP contribution is 2.32. The summed E-state index contributed by atoms with van der Waals surface area (Å²) in [5, 5.41) is 1.12. The van der Waals surface area contributed by atoms with Crippen LogP contribution in [0.3, 0.4) is 0 Å². The van der Waals surface area contributed by atoms with Gasteiger partial charge in [-0.1, -0.05) is 6.07 Å². The van der Waals surface area contributed by atoms with Gasteiger partial charge in [0.2, 0.25) is 10.0 Å². The van der Waals surface area contributed by atoms with E-state index in [9.17, 15) is 8.42 Å². The van der Waals surface area contributed by atoms with Gasteiger partial charge in [-0.25, -0.2) is 13.4 Å². The van der Waals surface area contributed by atoms with Gasteiger partial charge in [0.1, 0.15) is 5.82 Å². The van der Waals surface area contributed by atoms with Crippen molar-refractivity contribution in [3.8, 4) is 0 Å². The molecule has 20 heavy (non-hydrogen) atoms. The first-order valence-electron chi connectivity index (χ1n) is 6.83. The lowest BCUT2D eigenvalue weighted by atomic mass is 10.0. The van der Waals surface area contributed by atoms with Crippen LogP contribution in [0.15, 0.2) is 18.2 Å². The molecular weight excluding hydrogens is 272 g/mol. The van der Waals surface area contributed by atoms with E-state index in [0.717, 1.165) is 28.5 Å². The number of pyridine rings is 1. The fourth-order valence-corrected chi connectivity index (χ4v) is 3.92. The van der Waals surface area contributed by atoms with E-state index < -0.39 is 10.0 Å². The van der Waals surface area contributed by atoms with Crippen molar-refractivity contribution < 1.29 is 8.42 Å². The minimum absolute atomic E-state index is 0.110. The first-order chi connectivity index (χ1) is 9.42. The molecule has 1 aliphatic rings. The van der Waals surface area contributed by atoms with E-state index >= 15 is 0 Å². The molecular formula is C15H18N2O2S. The minimum Gasteiger partial charge on any atom is -0.253 e. The number of aromatic nitrogens is 1. The van der Waals surface area contributed by atoms with Gasteiger partial charge in [-0.05, 0) is 56.0 Å². The van der Waals surface area contributed by atoms with Gasteiger partial charge in [0.05, 0.1) is 11.3 Å². The van der Waals surface area contributed by atoms with Crippen LogP contribution in [0, 0.1) is 13.8 Å². The van der Waals surface area contributed by atoms with E-state index in [-0.39, 0.29) is 5.75 Å². The zero-order valence-electron chi connectivity index (χ0n) is 12.0. The average molecular weight is 290 g/mol. The standard InChI is InChI=1S/C15H18N2O2S/c1-4-20(18,19)17-6-5-12-9-13-11(3)7-10(2)8-14(13)16-15(12)17/h7-9H,4-6H2,1-3H3. The van der Waals surface area contributed by atoms with Crippen molar-refractivity contribution in [2.75, 3.05) is 16.6 Å². The number of nitrogens with zero attached hydrogens (tertiary/aromatic N) is 2. The van der Waals surface area contributed by atoms with Crippen LogP contribution in [-0.2, 0) is 16.4 Å². The maximum absolute atomic E-state index is 12.1. The quantitative estimate of drug-likeness (QED) is 0.854. The van der Waals surface area contributed by atoms with Gasteiger partial charge in [0, 0.05) is 11.9 Å². The predicted molar refractivity (Wildman–Crippen MR) is 81.7 cm³/mol. The first-order valence-corrected chi connectivity index (χ1v) is 8.44. The molecule has 0 amide bonds. The molecule has 4 nitrogen and oxygen atoms in total. The molecule has 1 aromatic heterocycles. The van der Waals surface area contributed by atoms with E-state index in [4.69, 9.17) is 0 Å². The van der Waals surface area contributed by atoms with Crippen LogP contribution < -0.4 is 4.31 Å². The molecule has 0 aliphatic carbocycles. The Bertz CT molecular complexity index is 797. The lowest BCUT2D eigenvalue weighted by Crippen LogP contribution is -2.31. The number of hydrogen-bond donors (Lipinski definition) is 0. The van der Waals surface area contributed by atoms with Crippen molar-refractivity contribution in [3.05, 3.63) is 34.9 Å². The fourth-order valence-electron chi connectivity index (χ4n) is 2.82. The molecule has 2 heterocycles. The predicted octanol–water partition coefficient (Wildman–Crippen LogP) is 2.56. The highest BCUT2D eigenvalue weighted by Gasteiger charge is 2.29. The summed E-state index contributed by atoms with van der Waals surface area (Å²) in [4.78, 5) is 4.62. The van der Waals surface area contributed by atoms with Crippen LogP contribution in [0.4, 0.5) is 5.82 Å². The third-order valence-electron chi connectivity index (χ3n) is 3.86. The van der Waals surface area contributed by atoms with Crippen molar-refractivity contribution in [2.45, 2.75) is 27.2 Å². The minimum atomic E-state index is -3.23. The summed E-state index contributed by atoms with van der Waals surface area (Å²) < 4.78 is 25.7. The second-order valence-corrected chi connectivity index (χ2v) is 7.52. The summed E-state index contributed by atoms with van der Waals surface area (Å²) in [6.07, 6.45) is 0.741. The third-order valence-corrected chi connectivity index (χ3v) is 5.62. The second-order valence-electron chi connectivity index (χ2n) is 5.34. The maximum atomic E-state index is 12.1. The van der Waals surface area contributed by atoms with E-state index in [0.29, 0.717) is 12.4 Å². The molecule has 5 heteroatoms. The van der Waals surface area contributed by atoms with Gasteiger partial charge in [0.15, 0.2) is 0 Å². The molecule has 0 unspecified atom stereocenters. The van der Waals surface area contributed by atoms with E-state index in [1.54, 1.807) is 6.92 Å². The van der Waals surface area contributed by atoms with E-state index in [2.05, 4.69) is 24.0 Å². The fraction of sp³-hybridized carbons (Fsp3) is 0.400. The summed E-state index contributed by atoms with van der Waals surface area (Å²) in [5.74, 6) is 0.725. The Kier molecular flexibility index (Phi) is 2.97. The Morgan fingerprint density at radius 3 is 2.70 bits per heavy atom. The molecule has 0 spiro atoms. The molecule has 0 N–H and O–H groups in total. The number of rotatable bonds is 2. The van der Waals surface area contributed by atoms with Crippen LogP contribution in [0.25, 0.3) is 10.9 Å². The number of fused-ring (bicyclic) bond motifs is 2. The molecule has 0 bridgehead atoms. The van der Waals surface area contributed by atoms with Gasteiger partial charge >= 0.3 is 0 Å². The molecule has 0 atom stereocenters. The van der Waals surface area contributed by atoms with Crippen LogP contribution in [0.5, 0.6) is 0 Å². The molecule has 1 aliphatic heterocycles. The monoisotopic (exact) mass is 290 g/mol. The second kappa shape index (κ2) is 4.45. The normalized spacial score (nSPS) is 14.8. The molecule has 0 saturated heterocycles. The summed E-state index contributed by atoms with van der Waals surface area (Å²) in [6.45, 7) is 6.27. The highest BCUT2D eigenvalue weighted by molar-refractivity contribution is 7.92. The van der Waals surface area contributed by atoms with Gasteiger partial charge in [-0.3, -0.25) is 4.31 Å². The summed E-state index contributed by atoms with van der Waals surface area (Å²) >= 11 is 0. The molecule has 0 fully saturated rings. The number of aryl methyl sites for hydroxylation is 2. The number of benzene rings is 1. The Morgan fingerprint density at radius 1 is 1.25 bits per heavy atom. The van der Waals surface area contributed by atoms with Gasteiger partial charge in [-0.15, -0.1) is 0 Å². The topological polar surface area (TPSA) is 50.3 Å². The number of sulfonamides is 1. The van der Waals surface area contributed by atoms with Crippen LogP contribution in [0.1, 0.15) is 23.6 Å². The summed E-state index contributed by atoms with van der Waals surface area (Å²) in [7, 11) is -3.23. The van der Waals surface area contributed by atoms with Crippen molar-refractivity contribution in [1.82, 2.24) is 4.98 Å². The van der Waals surface area contributed by atoms with E-state index in [1.165, 1.54) is 9.87 Å².